The lowest BCUT2D eigenvalue weighted by molar-refractivity contribution is -0.143. The first kappa shape index (κ1) is 27.0. The van der Waals surface area contributed by atoms with Crippen molar-refractivity contribution in [3.8, 4) is 11.8 Å². The van der Waals surface area contributed by atoms with Crippen LogP contribution in [0.4, 0.5) is 18.9 Å². The van der Waals surface area contributed by atoms with Crippen LogP contribution in [0.25, 0.3) is 0 Å². The summed E-state index contributed by atoms with van der Waals surface area (Å²) in [4.78, 5) is 24.8. The largest absolute Gasteiger partial charge is 0.482 e. The molecule has 36 heavy (non-hydrogen) atoms. The highest BCUT2D eigenvalue weighted by Gasteiger charge is 2.44. The molecule has 1 aliphatic carbocycles. The zero-order valence-corrected chi connectivity index (χ0v) is 19.7. The van der Waals surface area contributed by atoms with Crippen LogP contribution in [0.5, 0.6) is 5.75 Å². The van der Waals surface area contributed by atoms with E-state index >= 15 is 0 Å². The maximum Gasteiger partial charge on any atom is 0.417 e. The van der Waals surface area contributed by atoms with Gasteiger partial charge in [0.2, 0.25) is 0 Å². The van der Waals surface area contributed by atoms with Crippen LogP contribution in [-0.4, -0.2) is 36.3 Å². The molecular weight excluding hydrogens is 477 g/mol. The van der Waals surface area contributed by atoms with Crippen molar-refractivity contribution >= 4 is 17.6 Å². The van der Waals surface area contributed by atoms with Gasteiger partial charge in [0, 0.05) is 12.1 Å². The second kappa shape index (κ2) is 11.4. The molecule has 2 aromatic rings. The lowest BCUT2D eigenvalue weighted by Crippen LogP contribution is -2.51. The number of carbonyl (C=O) groups is 2. The Morgan fingerprint density at radius 1 is 1.14 bits per heavy atom. The number of nitrogens with zero attached hydrogens (tertiary/aromatic N) is 1. The molecule has 1 saturated carbocycles. The quantitative estimate of drug-likeness (QED) is 0.508. The van der Waals surface area contributed by atoms with E-state index in [2.05, 4.69) is 10.1 Å². The Morgan fingerprint density at radius 3 is 2.50 bits per heavy atom. The summed E-state index contributed by atoms with van der Waals surface area (Å²) < 4.78 is 50.1. The number of esters is 1. The fourth-order valence-electron chi connectivity index (χ4n) is 4.44. The van der Waals surface area contributed by atoms with Crippen LogP contribution in [0.2, 0.25) is 0 Å². The van der Waals surface area contributed by atoms with Crippen molar-refractivity contribution in [3.05, 3.63) is 59.2 Å². The van der Waals surface area contributed by atoms with Crippen molar-refractivity contribution in [2.24, 2.45) is 5.92 Å². The molecule has 3 rings (SSSR count). The molecule has 1 aliphatic rings. The number of benzene rings is 2. The van der Waals surface area contributed by atoms with Crippen molar-refractivity contribution in [3.63, 3.8) is 0 Å². The number of nitrogens with one attached hydrogen (secondary N) is 1. The lowest BCUT2D eigenvalue weighted by Gasteiger charge is -2.37. The van der Waals surface area contributed by atoms with Crippen LogP contribution in [0.1, 0.15) is 48.8 Å². The average Bonchev–Trinajstić information content (AvgIpc) is 2.87. The normalized spacial score (nSPS) is 15.9. The van der Waals surface area contributed by atoms with Gasteiger partial charge in [0.05, 0.1) is 24.3 Å². The summed E-state index contributed by atoms with van der Waals surface area (Å²) in [5.41, 5.74) is -3.26. The summed E-state index contributed by atoms with van der Waals surface area (Å²) in [5.74, 6) is -1.47. The third kappa shape index (κ3) is 6.55. The third-order valence-corrected chi connectivity index (χ3v) is 6.33. The van der Waals surface area contributed by atoms with Gasteiger partial charge in [-0.3, -0.25) is 4.79 Å². The maximum atomic E-state index is 13.4. The molecule has 0 radical (unpaired) electrons. The molecule has 192 valence electrons. The van der Waals surface area contributed by atoms with Crippen molar-refractivity contribution in [2.45, 2.75) is 50.3 Å². The summed E-state index contributed by atoms with van der Waals surface area (Å²) in [5, 5.41) is 23.1. The molecule has 10 heteroatoms. The van der Waals surface area contributed by atoms with Crippen molar-refractivity contribution in [1.29, 1.82) is 5.26 Å². The fourth-order valence-corrected chi connectivity index (χ4v) is 4.44. The van der Waals surface area contributed by atoms with Gasteiger partial charge >= 0.3 is 12.1 Å². The summed E-state index contributed by atoms with van der Waals surface area (Å²) in [6.07, 6.45) is -1.12. The number of carbonyl (C=O) groups excluding carboxylic acids is 2. The molecule has 0 heterocycles. The summed E-state index contributed by atoms with van der Waals surface area (Å²) in [6.45, 7) is -0.312. The Balaban J connectivity index is 1.88. The first-order valence-electron chi connectivity index (χ1n) is 11.5. The number of amides is 1. The van der Waals surface area contributed by atoms with Gasteiger partial charge < -0.3 is 19.9 Å². The van der Waals surface area contributed by atoms with Crippen LogP contribution in [-0.2, 0) is 26.9 Å². The van der Waals surface area contributed by atoms with Crippen molar-refractivity contribution in [2.75, 3.05) is 19.0 Å². The molecule has 1 unspecified atom stereocenters. The Bertz CT molecular complexity index is 1140. The number of alkyl halides is 3. The highest BCUT2D eigenvalue weighted by atomic mass is 19.4. The van der Waals surface area contributed by atoms with E-state index < -0.39 is 40.7 Å². The zero-order chi connectivity index (χ0) is 26.3. The second-order valence-electron chi connectivity index (χ2n) is 8.77. The number of hydrogen-bond acceptors (Lipinski definition) is 6. The van der Waals surface area contributed by atoms with E-state index in [-0.39, 0.29) is 18.7 Å². The Morgan fingerprint density at radius 2 is 1.86 bits per heavy atom. The van der Waals surface area contributed by atoms with Crippen LogP contribution >= 0.6 is 0 Å². The first-order chi connectivity index (χ1) is 17.1. The first-order valence-corrected chi connectivity index (χ1v) is 11.5. The molecule has 1 amide bonds. The van der Waals surface area contributed by atoms with Gasteiger partial charge in [-0.2, -0.15) is 18.4 Å². The molecule has 0 aromatic heterocycles. The van der Waals surface area contributed by atoms with Crippen molar-refractivity contribution in [1.82, 2.24) is 0 Å². The van der Waals surface area contributed by atoms with Crippen LogP contribution in [0.3, 0.4) is 0 Å². The van der Waals surface area contributed by atoms with Gasteiger partial charge in [0.25, 0.3) is 5.91 Å². The van der Waals surface area contributed by atoms with E-state index in [0.717, 1.165) is 25.3 Å². The molecule has 1 fully saturated rings. The minimum Gasteiger partial charge on any atom is -0.482 e. The standard InChI is InChI=1S/C26H27F3N2O5/c1-35-23(32)16-36-21-9-5-6-17(12-21)14-25(34,19-7-3-2-4-8-19)24(33)31-20-11-10-18(15-30)22(13-20)26(27,28)29/h5-6,9-13,19,34H,2-4,7-8,14,16H2,1H3,(H,31,33). The SMILES string of the molecule is COC(=O)COc1cccc(CC(O)(C(=O)Nc2ccc(C#N)c(C(F)(F)F)c2)C2CCCCC2)c1. The third-order valence-electron chi connectivity index (χ3n) is 6.33. The average molecular weight is 505 g/mol. The monoisotopic (exact) mass is 504 g/mol. The highest BCUT2D eigenvalue weighted by Crippen LogP contribution is 2.37. The minimum atomic E-state index is -4.78. The van der Waals surface area contributed by atoms with E-state index in [0.29, 0.717) is 30.2 Å². The van der Waals surface area contributed by atoms with Gasteiger partial charge in [-0.15, -0.1) is 0 Å². The molecule has 0 spiro atoms. The fraction of sp³-hybridized carbons (Fsp3) is 0.423. The maximum absolute atomic E-state index is 13.4. The number of nitriles is 1. The molecule has 1 atom stereocenters. The number of rotatable bonds is 8. The van der Waals surface area contributed by atoms with Crippen LogP contribution in [0.15, 0.2) is 42.5 Å². The zero-order valence-electron chi connectivity index (χ0n) is 19.7. The van der Waals surface area contributed by atoms with Crippen LogP contribution < -0.4 is 10.1 Å². The van der Waals surface area contributed by atoms with Gasteiger partial charge in [-0.1, -0.05) is 31.4 Å². The molecule has 7 nitrogen and oxygen atoms in total. The van der Waals surface area contributed by atoms with Gasteiger partial charge in [-0.05, 0) is 54.7 Å². The van der Waals surface area contributed by atoms with Gasteiger partial charge in [0.15, 0.2) is 6.61 Å². The minimum absolute atomic E-state index is 0.110. The topological polar surface area (TPSA) is 109 Å². The molecule has 2 N–H and O–H groups in total. The molecule has 0 aliphatic heterocycles. The molecule has 0 saturated heterocycles. The van der Waals surface area contributed by atoms with E-state index in [4.69, 9.17) is 10.00 Å². The number of ether oxygens (including phenoxy) is 2. The second-order valence-corrected chi connectivity index (χ2v) is 8.77. The van der Waals surface area contributed by atoms with E-state index in [1.807, 2.05) is 0 Å². The smallest absolute Gasteiger partial charge is 0.417 e. The molecule has 0 bridgehead atoms. The summed E-state index contributed by atoms with van der Waals surface area (Å²) in [6, 6.07) is 10.9. The highest BCUT2D eigenvalue weighted by molar-refractivity contribution is 5.97. The van der Waals surface area contributed by atoms with Gasteiger partial charge in [0.1, 0.15) is 11.4 Å². The number of hydrogen-bond donors (Lipinski definition) is 2. The summed E-state index contributed by atoms with van der Waals surface area (Å²) in [7, 11) is 1.23. The molecule has 2 aromatic carbocycles. The van der Waals surface area contributed by atoms with E-state index in [9.17, 15) is 27.9 Å². The van der Waals surface area contributed by atoms with E-state index in [1.165, 1.54) is 19.2 Å². The number of methoxy groups -OCH3 is 1. The summed E-state index contributed by atoms with van der Waals surface area (Å²) >= 11 is 0. The predicted octanol–water partition coefficient (Wildman–Crippen LogP) is 4.62. The Kier molecular flexibility index (Phi) is 8.58. The number of anilines is 1. The Hall–Kier alpha value is -3.58. The predicted molar refractivity (Wildman–Crippen MR) is 124 cm³/mol. The van der Waals surface area contributed by atoms with E-state index in [1.54, 1.807) is 24.3 Å². The number of halogens is 3. The Labute approximate surface area is 206 Å². The lowest BCUT2D eigenvalue weighted by atomic mass is 9.73. The van der Waals surface area contributed by atoms with Gasteiger partial charge in [-0.25, -0.2) is 4.79 Å². The van der Waals surface area contributed by atoms with Crippen molar-refractivity contribution < 1.29 is 37.3 Å². The number of aliphatic hydroxyl groups is 1. The molecular formula is C26H27F3N2O5. The van der Waals surface area contributed by atoms with Crippen LogP contribution in [0, 0.1) is 17.2 Å².